The van der Waals surface area contributed by atoms with E-state index < -0.39 is 11.9 Å². The molecule has 1 aromatic rings. The summed E-state index contributed by atoms with van der Waals surface area (Å²) in [5, 5.41) is 15.7. The molecule has 2 fully saturated rings. The lowest BCUT2D eigenvalue weighted by Crippen LogP contribution is -2.50. The van der Waals surface area contributed by atoms with Crippen LogP contribution in [0.1, 0.15) is 37.7 Å². The smallest absolute Gasteiger partial charge is 0.414 e. The van der Waals surface area contributed by atoms with Crippen LogP contribution in [0.5, 0.6) is 0 Å². The Morgan fingerprint density at radius 3 is 2.08 bits per heavy atom. The first kappa shape index (κ1) is 20.7. The minimum Gasteiger partial charge on any atom is -0.473 e. The van der Waals surface area contributed by atoms with Crippen LogP contribution in [0.15, 0.2) is 24.3 Å². The van der Waals surface area contributed by atoms with E-state index in [1.165, 1.54) is 63.8 Å². The Hall–Kier alpha value is -1.63. The van der Waals surface area contributed by atoms with Crippen molar-refractivity contribution in [3.05, 3.63) is 34.9 Å². The van der Waals surface area contributed by atoms with Crippen LogP contribution in [0.25, 0.3) is 0 Å². The Labute approximate surface area is 159 Å². The van der Waals surface area contributed by atoms with Crippen LogP contribution in [0.3, 0.4) is 0 Å². The number of carboxylic acid groups (broad SMARTS) is 2. The number of piperazine rings is 1. The number of carbonyl (C=O) groups is 2. The normalized spacial score (nSPS) is 19.4. The number of benzene rings is 1. The van der Waals surface area contributed by atoms with Crippen LogP contribution in [0.4, 0.5) is 0 Å². The van der Waals surface area contributed by atoms with E-state index in [2.05, 4.69) is 21.9 Å². The molecule has 0 spiro atoms. The Bertz CT molecular complexity index is 585. The van der Waals surface area contributed by atoms with Crippen molar-refractivity contribution in [3.8, 4) is 0 Å². The second kappa shape index (κ2) is 10.5. The van der Waals surface area contributed by atoms with Crippen LogP contribution in [-0.4, -0.2) is 64.2 Å². The van der Waals surface area contributed by atoms with Gasteiger partial charge in [-0.05, 0) is 24.5 Å². The SMILES string of the molecule is Clc1ccccc1CN1CCN(C2CCCCC2)CC1.O=C(O)C(=O)O. The van der Waals surface area contributed by atoms with Crippen molar-refractivity contribution in [3.63, 3.8) is 0 Å². The van der Waals surface area contributed by atoms with Gasteiger partial charge in [-0.15, -0.1) is 0 Å². The maximum Gasteiger partial charge on any atom is 0.414 e. The first-order valence-corrected chi connectivity index (χ1v) is 9.51. The first-order valence-electron chi connectivity index (χ1n) is 9.13. The zero-order valence-corrected chi connectivity index (χ0v) is 15.7. The number of halogens is 1. The molecule has 1 aliphatic carbocycles. The Kier molecular flexibility index (Phi) is 8.35. The predicted octanol–water partition coefficient (Wildman–Crippen LogP) is 2.95. The van der Waals surface area contributed by atoms with Gasteiger partial charge in [0.1, 0.15) is 0 Å². The molecule has 7 heteroatoms. The molecule has 3 rings (SSSR count). The summed E-state index contributed by atoms with van der Waals surface area (Å²) in [7, 11) is 0. The summed E-state index contributed by atoms with van der Waals surface area (Å²) in [5.74, 6) is -3.65. The zero-order chi connectivity index (χ0) is 18.9. The molecule has 6 nitrogen and oxygen atoms in total. The van der Waals surface area contributed by atoms with Gasteiger partial charge < -0.3 is 10.2 Å². The fourth-order valence-corrected chi connectivity index (χ4v) is 3.80. The highest BCUT2D eigenvalue weighted by molar-refractivity contribution is 6.31. The van der Waals surface area contributed by atoms with Crippen LogP contribution in [0.2, 0.25) is 5.02 Å². The molecule has 0 aromatic heterocycles. The summed E-state index contributed by atoms with van der Waals surface area (Å²) in [6.45, 7) is 5.83. The van der Waals surface area contributed by atoms with Crippen molar-refractivity contribution in [1.82, 2.24) is 9.80 Å². The molecule has 144 valence electrons. The van der Waals surface area contributed by atoms with Gasteiger partial charge >= 0.3 is 11.9 Å². The molecule has 1 aliphatic heterocycles. The molecule has 0 atom stereocenters. The summed E-state index contributed by atoms with van der Waals surface area (Å²) in [6.07, 6.45) is 7.16. The van der Waals surface area contributed by atoms with Gasteiger partial charge in [0, 0.05) is 43.8 Å². The molecule has 2 N–H and O–H groups in total. The number of carboxylic acids is 2. The largest absolute Gasteiger partial charge is 0.473 e. The number of hydrogen-bond acceptors (Lipinski definition) is 4. The average molecular weight is 383 g/mol. The van der Waals surface area contributed by atoms with E-state index in [9.17, 15) is 0 Å². The minimum absolute atomic E-state index is 0.867. The van der Waals surface area contributed by atoms with Crippen molar-refractivity contribution in [2.24, 2.45) is 0 Å². The molecule has 26 heavy (non-hydrogen) atoms. The quantitative estimate of drug-likeness (QED) is 0.782. The summed E-state index contributed by atoms with van der Waals surface area (Å²) < 4.78 is 0. The second-order valence-electron chi connectivity index (χ2n) is 6.81. The Morgan fingerprint density at radius 2 is 1.54 bits per heavy atom. The van der Waals surface area contributed by atoms with E-state index in [0.717, 1.165) is 17.6 Å². The van der Waals surface area contributed by atoms with Crippen molar-refractivity contribution >= 4 is 23.5 Å². The van der Waals surface area contributed by atoms with Gasteiger partial charge in [0.2, 0.25) is 0 Å². The van der Waals surface area contributed by atoms with Gasteiger partial charge in [-0.25, -0.2) is 9.59 Å². The number of aliphatic carboxylic acids is 2. The number of hydrogen-bond donors (Lipinski definition) is 2. The van der Waals surface area contributed by atoms with Gasteiger partial charge in [0.15, 0.2) is 0 Å². The molecule has 0 amide bonds. The van der Waals surface area contributed by atoms with Gasteiger partial charge in [-0.3, -0.25) is 9.80 Å². The topological polar surface area (TPSA) is 81.1 Å². The Morgan fingerprint density at radius 1 is 0.962 bits per heavy atom. The lowest BCUT2D eigenvalue weighted by atomic mass is 9.94. The maximum absolute atomic E-state index is 9.10. The second-order valence-corrected chi connectivity index (χ2v) is 7.21. The predicted molar refractivity (Wildman–Crippen MR) is 100 cm³/mol. The van der Waals surface area contributed by atoms with E-state index >= 15 is 0 Å². The molecule has 2 aliphatic rings. The van der Waals surface area contributed by atoms with Crippen LogP contribution >= 0.6 is 11.6 Å². The lowest BCUT2D eigenvalue weighted by Gasteiger charge is -2.40. The van der Waals surface area contributed by atoms with Gasteiger partial charge in [-0.1, -0.05) is 49.1 Å². The molecular formula is C19H27ClN2O4. The number of rotatable bonds is 3. The Balaban J connectivity index is 0.000000352. The van der Waals surface area contributed by atoms with Gasteiger partial charge in [0.25, 0.3) is 0 Å². The zero-order valence-electron chi connectivity index (χ0n) is 14.9. The molecule has 0 bridgehead atoms. The van der Waals surface area contributed by atoms with E-state index in [4.69, 9.17) is 31.4 Å². The average Bonchev–Trinajstić information content (AvgIpc) is 2.65. The number of nitrogens with zero attached hydrogens (tertiary/aromatic N) is 2. The third-order valence-electron chi connectivity index (χ3n) is 5.03. The fourth-order valence-electron chi connectivity index (χ4n) is 3.60. The van der Waals surface area contributed by atoms with E-state index in [1.54, 1.807) is 0 Å². The third kappa shape index (κ3) is 6.59. The summed E-state index contributed by atoms with van der Waals surface area (Å²) in [6, 6.07) is 9.10. The summed E-state index contributed by atoms with van der Waals surface area (Å²) in [5.41, 5.74) is 1.26. The lowest BCUT2D eigenvalue weighted by molar-refractivity contribution is -0.159. The van der Waals surface area contributed by atoms with E-state index in [1.807, 2.05) is 12.1 Å². The van der Waals surface area contributed by atoms with Crippen LogP contribution in [0, 0.1) is 0 Å². The van der Waals surface area contributed by atoms with Crippen LogP contribution in [-0.2, 0) is 16.1 Å². The van der Waals surface area contributed by atoms with Crippen molar-refractivity contribution < 1.29 is 19.8 Å². The van der Waals surface area contributed by atoms with Crippen molar-refractivity contribution in [2.75, 3.05) is 26.2 Å². The third-order valence-corrected chi connectivity index (χ3v) is 5.40. The highest BCUT2D eigenvalue weighted by Crippen LogP contribution is 2.24. The fraction of sp³-hybridized carbons (Fsp3) is 0.579. The molecule has 1 saturated carbocycles. The molecule has 0 unspecified atom stereocenters. The van der Waals surface area contributed by atoms with Crippen molar-refractivity contribution in [1.29, 1.82) is 0 Å². The van der Waals surface area contributed by atoms with Crippen LogP contribution < -0.4 is 0 Å². The summed E-state index contributed by atoms with van der Waals surface area (Å²) in [4.78, 5) is 23.5. The van der Waals surface area contributed by atoms with E-state index in [-0.39, 0.29) is 0 Å². The van der Waals surface area contributed by atoms with Gasteiger partial charge in [-0.2, -0.15) is 0 Å². The standard InChI is InChI=1S/C17H25ClN2.C2H2O4/c18-17-9-5-4-6-15(17)14-19-10-12-20(13-11-19)16-7-2-1-3-8-16;3-1(4)2(5)6/h4-6,9,16H,1-3,7-8,10-14H2;(H,3,4)(H,5,6). The molecule has 1 saturated heterocycles. The monoisotopic (exact) mass is 382 g/mol. The maximum atomic E-state index is 9.10. The van der Waals surface area contributed by atoms with Crippen molar-refractivity contribution in [2.45, 2.75) is 44.7 Å². The summed E-state index contributed by atoms with van der Waals surface area (Å²) >= 11 is 6.26. The first-order chi connectivity index (χ1) is 12.5. The minimum atomic E-state index is -1.82. The highest BCUT2D eigenvalue weighted by atomic mass is 35.5. The molecule has 1 heterocycles. The van der Waals surface area contributed by atoms with Gasteiger partial charge in [0.05, 0.1) is 0 Å². The van der Waals surface area contributed by atoms with E-state index in [0.29, 0.717) is 0 Å². The molecular weight excluding hydrogens is 356 g/mol. The molecule has 1 aromatic carbocycles. The molecule has 0 radical (unpaired) electrons. The highest BCUT2D eigenvalue weighted by Gasteiger charge is 2.25.